The number of H-pyrrole nitrogens is 1. The van der Waals surface area contributed by atoms with Crippen molar-refractivity contribution in [1.82, 2.24) is 9.55 Å². The van der Waals surface area contributed by atoms with E-state index in [1.807, 2.05) is 0 Å². The van der Waals surface area contributed by atoms with Crippen LogP contribution in [0.5, 0.6) is 5.88 Å². The molecule has 0 saturated heterocycles. The van der Waals surface area contributed by atoms with Crippen LogP contribution in [-0.2, 0) is 4.74 Å². The second-order valence-electron chi connectivity index (χ2n) is 5.83. The molecule has 3 aromatic rings. The van der Waals surface area contributed by atoms with Gasteiger partial charge < -0.3 is 9.84 Å². The van der Waals surface area contributed by atoms with Crippen molar-refractivity contribution in [1.29, 1.82) is 0 Å². The van der Waals surface area contributed by atoms with E-state index in [1.165, 1.54) is 24.3 Å². The number of nitrogens with one attached hydrogen (secondary N) is 1. The highest BCUT2D eigenvalue weighted by molar-refractivity contribution is 6.30. The molecule has 0 unspecified atom stereocenters. The summed E-state index contributed by atoms with van der Waals surface area (Å²) >= 11 is 5.84. The van der Waals surface area contributed by atoms with Crippen LogP contribution in [0.2, 0.25) is 5.02 Å². The molecule has 8 nitrogen and oxygen atoms in total. The molecule has 148 valence electrons. The Morgan fingerprint density at radius 2 is 1.83 bits per heavy atom. The number of nitrogens with zero attached hydrogens (tertiary/aromatic N) is 2. The lowest BCUT2D eigenvalue weighted by Gasteiger charge is -2.09. The molecule has 1 heterocycles. The van der Waals surface area contributed by atoms with Crippen molar-refractivity contribution in [3.63, 3.8) is 0 Å². The minimum atomic E-state index is -0.800. The highest BCUT2D eigenvalue weighted by atomic mass is 35.5. The number of hydrogen-bond donors (Lipinski definition) is 2. The quantitative estimate of drug-likeness (QED) is 0.493. The number of aromatic nitrogens is 2. The van der Waals surface area contributed by atoms with Gasteiger partial charge in [-0.25, -0.2) is 14.2 Å². The number of benzene rings is 2. The summed E-state index contributed by atoms with van der Waals surface area (Å²) in [7, 11) is 0. The summed E-state index contributed by atoms with van der Waals surface area (Å²) in [5.41, 5.74) is -0.671. The van der Waals surface area contributed by atoms with Crippen molar-refractivity contribution < 1.29 is 14.6 Å². The minimum absolute atomic E-state index is 0.200. The number of aliphatic imine (C=N–C) groups is 1. The molecule has 1 aromatic heterocycles. The molecule has 0 radical (unpaired) electrons. The van der Waals surface area contributed by atoms with Crippen LogP contribution < -0.4 is 11.2 Å². The van der Waals surface area contributed by atoms with Gasteiger partial charge in [0.2, 0.25) is 5.88 Å². The third-order valence-corrected chi connectivity index (χ3v) is 4.18. The van der Waals surface area contributed by atoms with E-state index in [9.17, 15) is 19.5 Å². The second-order valence-corrected chi connectivity index (χ2v) is 6.27. The summed E-state index contributed by atoms with van der Waals surface area (Å²) in [4.78, 5) is 42.2. The van der Waals surface area contributed by atoms with Crippen LogP contribution in [0.4, 0.5) is 5.69 Å². The summed E-state index contributed by atoms with van der Waals surface area (Å²) in [5, 5.41) is 10.9. The highest BCUT2D eigenvalue weighted by Crippen LogP contribution is 2.19. The first-order valence-corrected chi connectivity index (χ1v) is 8.94. The van der Waals surface area contributed by atoms with Gasteiger partial charge >= 0.3 is 11.7 Å². The van der Waals surface area contributed by atoms with Crippen LogP contribution in [0.15, 0.2) is 63.1 Å². The number of halogens is 1. The van der Waals surface area contributed by atoms with E-state index in [-0.39, 0.29) is 12.2 Å². The maximum absolute atomic E-state index is 12.2. The Balaban J connectivity index is 1.96. The van der Waals surface area contributed by atoms with E-state index >= 15 is 0 Å². The number of aromatic hydroxyl groups is 1. The molecule has 0 atom stereocenters. The molecule has 0 aliphatic heterocycles. The predicted octanol–water partition coefficient (Wildman–Crippen LogP) is 2.81. The summed E-state index contributed by atoms with van der Waals surface area (Å²) < 4.78 is 5.84. The molecule has 0 spiro atoms. The van der Waals surface area contributed by atoms with Crippen LogP contribution in [0.25, 0.3) is 5.69 Å². The number of hydrogen-bond acceptors (Lipinski definition) is 6. The van der Waals surface area contributed by atoms with Crippen LogP contribution >= 0.6 is 11.6 Å². The molecule has 2 aromatic carbocycles. The summed E-state index contributed by atoms with van der Waals surface area (Å²) in [6.07, 6.45) is 1.14. The predicted molar refractivity (Wildman–Crippen MR) is 109 cm³/mol. The maximum Gasteiger partial charge on any atom is 0.338 e. The zero-order valence-electron chi connectivity index (χ0n) is 15.3. The second kappa shape index (κ2) is 8.57. The fourth-order valence-corrected chi connectivity index (χ4v) is 2.65. The fourth-order valence-electron chi connectivity index (χ4n) is 2.52. The number of aromatic amines is 1. The SMILES string of the molecule is CCOC(=O)c1ccc(N=Cc2c(O)n(-c3ccc(Cl)cc3)c(=O)[nH]c2=O)cc1. The average molecular weight is 414 g/mol. The van der Waals surface area contributed by atoms with Crippen LogP contribution in [0.1, 0.15) is 22.8 Å². The van der Waals surface area contributed by atoms with Crippen molar-refractivity contribution in [2.24, 2.45) is 4.99 Å². The zero-order valence-corrected chi connectivity index (χ0v) is 16.0. The fraction of sp³-hybridized carbons (Fsp3) is 0.100. The van der Waals surface area contributed by atoms with Gasteiger partial charge in [-0.2, -0.15) is 0 Å². The normalized spacial score (nSPS) is 11.0. The first kappa shape index (κ1) is 20.1. The number of esters is 1. The van der Waals surface area contributed by atoms with Gasteiger partial charge in [-0.3, -0.25) is 14.8 Å². The monoisotopic (exact) mass is 413 g/mol. The number of carbonyl (C=O) groups excluding carboxylic acids is 1. The van der Waals surface area contributed by atoms with Gasteiger partial charge in [0.1, 0.15) is 5.56 Å². The molecule has 0 fully saturated rings. The molecule has 29 heavy (non-hydrogen) atoms. The van der Waals surface area contributed by atoms with Gasteiger partial charge in [0.25, 0.3) is 5.56 Å². The Kier molecular flexibility index (Phi) is 5.94. The van der Waals surface area contributed by atoms with Gasteiger partial charge in [0.05, 0.1) is 23.5 Å². The standard InChI is InChI=1S/C20H16ClN3O5/c1-2-29-19(27)12-3-7-14(8-4-12)22-11-16-17(25)23-20(28)24(18(16)26)15-9-5-13(21)6-10-15/h3-11,26H,2H2,1H3,(H,23,25,28). The third kappa shape index (κ3) is 4.44. The van der Waals surface area contributed by atoms with Crippen molar-refractivity contribution >= 4 is 29.5 Å². The minimum Gasteiger partial charge on any atom is -0.493 e. The average Bonchev–Trinajstić information content (AvgIpc) is 2.69. The highest BCUT2D eigenvalue weighted by Gasteiger charge is 2.14. The van der Waals surface area contributed by atoms with Crippen molar-refractivity contribution in [2.45, 2.75) is 6.92 Å². The molecule has 3 rings (SSSR count). The molecule has 0 amide bonds. The van der Waals surface area contributed by atoms with Crippen LogP contribution in [0, 0.1) is 0 Å². The van der Waals surface area contributed by atoms with E-state index < -0.39 is 23.1 Å². The first-order chi connectivity index (χ1) is 13.9. The van der Waals surface area contributed by atoms with E-state index in [1.54, 1.807) is 31.2 Å². The van der Waals surface area contributed by atoms with Crippen molar-refractivity contribution in [2.75, 3.05) is 6.61 Å². The lowest BCUT2D eigenvalue weighted by atomic mass is 10.2. The Morgan fingerprint density at radius 3 is 2.45 bits per heavy atom. The Labute approximate surface area is 169 Å². The lowest BCUT2D eigenvalue weighted by molar-refractivity contribution is 0.0526. The molecule has 0 saturated carbocycles. The van der Waals surface area contributed by atoms with Crippen molar-refractivity contribution in [3.05, 3.63) is 85.5 Å². The van der Waals surface area contributed by atoms with Gasteiger partial charge in [-0.15, -0.1) is 0 Å². The van der Waals surface area contributed by atoms with Crippen LogP contribution in [0.3, 0.4) is 0 Å². The van der Waals surface area contributed by atoms with Gasteiger partial charge in [-0.1, -0.05) is 11.6 Å². The smallest absolute Gasteiger partial charge is 0.338 e. The Morgan fingerprint density at radius 1 is 1.17 bits per heavy atom. The number of carbonyl (C=O) groups is 1. The summed E-state index contributed by atoms with van der Waals surface area (Å²) in [6, 6.07) is 12.3. The summed E-state index contributed by atoms with van der Waals surface area (Å²) in [6.45, 7) is 1.98. The Hall–Kier alpha value is -3.65. The largest absolute Gasteiger partial charge is 0.493 e. The third-order valence-electron chi connectivity index (χ3n) is 3.93. The molecule has 9 heteroatoms. The molecule has 0 aliphatic rings. The van der Waals surface area contributed by atoms with Gasteiger partial charge in [0, 0.05) is 11.2 Å². The molecule has 0 aliphatic carbocycles. The number of ether oxygens (including phenoxy) is 1. The maximum atomic E-state index is 12.2. The van der Waals surface area contributed by atoms with E-state index in [4.69, 9.17) is 16.3 Å². The molecule has 2 N–H and O–H groups in total. The van der Waals surface area contributed by atoms with Crippen LogP contribution in [-0.4, -0.2) is 33.4 Å². The van der Waals surface area contributed by atoms with E-state index in [2.05, 4.69) is 9.98 Å². The molecular weight excluding hydrogens is 398 g/mol. The van der Waals surface area contributed by atoms with Gasteiger partial charge in [0.15, 0.2) is 0 Å². The zero-order chi connectivity index (χ0) is 21.0. The van der Waals surface area contributed by atoms with E-state index in [0.29, 0.717) is 22.0 Å². The van der Waals surface area contributed by atoms with E-state index in [0.717, 1.165) is 10.8 Å². The summed E-state index contributed by atoms with van der Waals surface area (Å²) in [5.74, 6) is -1.01. The topological polar surface area (TPSA) is 114 Å². The first-order valence-electron chi connectivity index (χ1n) is 8.56. The van der Waals surface area contributed by atoms with Gasteiger partial charge in [-0.05, 0) is 55.5 Å². The molecule has 0 bridgehead atoms. The Bertz CT molecular complexity index is 1180. The van der Waals surface area contributed by atoms with Crippen molar-refractivity contribution in [3.8, 4) is 11.6 Å². The molecular formula is C20H16ClN3O5. The number of rotatable bonds is 5. The lowest BCUT2D eigenvalue weighted by Crippen LogP contribution is -2.31.